The topological polar surface area (TPSA) is 58.2 Å². The molecule has 1 rings (SSSR count). The quantitative estimate of drug-likeness (QED) is 0.737. The number of benzene rings is 1. The third kappa shape index (κ3) is 5.62. The van der Waals surface area contributed by atoms with Gasteiger partial charge in [0.2, 0.25) is 10.0 Å². The molecule has 0 radical (unpaired) electrons. The van der Waals surface area contributed by atoms with E-state index in [2.05, 4.69) is 17.0 Å². The molecule has 0 aliphatic carbocycles. The Labute approximate surface area is 141 Å². The van der Waals surface area contributed by atoms with Crippen LogP contribution in [0.1, 0.15) is 18.9 Å². The molecule has 1 unspecified atom stereocenters. The van der Waals surface area contributed by atoms with E-state index in [-0.39, 0.29) is 9.92 Å². The third-order valence-corrected chi connectivity index (χ3v) is 6.32. The zero-order chi connectivity index (χ0) is 16.0. The summed E-state index contributed by atoms with van der Waals surface area (Å²) in [4.78, 5) is 0.0654. The molecule has 0 saturated carbocycles. The molecule has 2 N–H and O–H groups in total. The van der Waals surface area contributed by atoms with Crippen LogP contribution in [0.15, 0.2) is 17.0 Å². The minimum atomic E-state index is -3.63. The van der Waals surface area contributed by atoms with Crippen LogP contribution >= 0.6 is 35.0 Å². The number of thioether (sulfide) groups is 1. The van der Waals surface area contributed by atoms with E-state index in [1.165, 1.54) is 12.1 Å². The Kier molecular flexibility index (Phi) is 7.81. The van der Waals surface area contributed by atoms with Gasteiger partial charge in [-0.2, -0.15) is 11.8 Å². The Balaban J connectivity index is 2.94. The fraction of sp³-hybridized carbons (Fsp3) is 0.538. The first-order chi connectivity index (χ1) is 9.81. The minimum Gasteiger partial charge on any atom is -0.316 e. The normalized spacial score (nSPS) is 13.4. The predicted molar refractivity (Wildman–Crippen MR) is 92.0 cm³/mol. The molecule has 0 spiro atoms. The third-order valence-electron chi connectivity index (χ3n) is 3.00. The first-order valence-electron chi connectivity index (χ1n) is 6.46. The van der Waals surface area contributed by atoms with Gasteiger partial charge in [0.15, 0.2) is 0 Å². The fourth-order valence-corrected chi connectivity index (χ4v) is 3.96. The van der Waals surface area contributed by atoms with Crippen molar-refractivity contribution in [2.45, 2.75) is 30.0 Å². The predicted octanol–water partition coefficient (Wildman–Crippen LogP) is 3.13. The van der Waals surface area contributed by atoms with Crippen LogP contribution in [0.4, 0.5) is 0 Å². The van der Waals surface area contributed by atoms with Gasteiger partial charge in [-0.1, -0.05) is 30.1 Å². The van der Waals surface area contributed by atoms with E-state index in [9.17, 15) is 8.42 Å². The summed E-state index contributed by atoms with van der Waals surface area (Å²) in [5, 5.41) is 3.92. The zero-order valence-electron chi connectivity index (χ0n) is 12.2. The van der Waals surface area contributed by atoms with E-state index in [1.54, 1.807) is 18.8 Å². The van der Waals surface area contributed by atoms with Crippen molar-refractivity contribution in [1.82, 2.24) is 10.0 Å². The summed E-state index contributed by atoms with van der Waals surface area (Å²) in [6.07, 6.45) is 2.76. The molecule has 0 heterocycles. The van der Waals surface area contributed by atoms with Crippen molar-refractivity contribution in [2.75, 3.05) is 19.8 Å². The van der Waals surface area contributed by atoms with Gasteiger partial charge in [0.1, 0.15) is 4.90 Å². The van der Waals surface area contributed by atoms with Gasteiger partial charge in [-0.15, -0.1) is 0 Å². The molecule has 0 amide bonds. The number of hydrogen-bond donors (Lipinski definition) is 2. The molecule has 0 aliphatic heterocycles. The van der Waals surface area contributed by atoms with Gasteiger partial charge in [-0.3, -0.25) is 0 Å². The summed E-state index contributed by atoms with van der Waals surface area (Å²) in [5.74, 6) is 0. The Morgan fingerprint density at radius 2 is 1.95 bits per heavy atom. The number of hydrogen-bond acceptors (Lipinski definition) is 4. The van der Waals surface area contributed by atoms with Crippen molar-refractivity contribution in [3.05, 3.63) is 27.7 Å². The average molecular weight is 371 g/mol. The van der Waals surface area contributed by atoms with E-state index in [4.69, 9.17) is 23.2 Å². The Hall–Kier alpha value is 0.0200. The minimum absolute atomic E-state index is 0.0654. The zero-order valence-corrected chi connectivity index (χ0v) is 15.4. The second-order valence-electron chi connectivity index (χ2n) is 4.64. The molecule has 1 aromatic carbocycles. The molecule has 1 atom stereocenters. The smallest absolute Gasteiger partial charge is 0.242 e. The maximum Gasteiger partial charge on any atom is 0.242 e. The summed E-state index contributed by atoms with van der Waals surface area (Å²) in [7, 11) is -1.86. The molecule has 21 heavy (non-hydrogen) atoms. The van der Waals surface area contributed by atoms with Crippen molar-refractivity contribution < 1.29 is 8.42 Å². The highest BCUT2D eigenvalue weighted by atomic mass is 35.5. The molecular weight excluding hydrogens is 351 g/mol. The summed E-state index contributed by atoms with van der Waals surface area (Å²) < 4.78 is 27.2. The van der Waals surface area contributed by atoms with Crippen LogP contribution < -0.4 is 10.0 Å². The Morgan fingerprint density at radius 1 is 1.29 bits per heavy atom. The maximum atomic E-state index is 12.3. The van der Waals surface area contributed by atoms with Gasteiger partial charge in [0.05, 0.1) is 5.02 Å². The van der Waals surface area contributed by atoms with Crippen LogP contribution in [0, 0.1) is 0 Å². The molecule has 0 aromatic heterocycles. The van der Waals surface area contributed by atoms with E-state index in [1.807, 2.05) is 6.26 Å². The van der Waals surface area contributed by atoms with Gasteiger partial charge in [-0.05, 0) is 37.4 Å². The van der Waals surface area contributed by atoms with Gasteiger partial charge >= 0.3 is 0 Å². The lowest BCUT2D eigenvalue weighted by Crippen LogP contribution is -2.26. The van der Waals surface area contributed by atoms with Crippen LogP contribution in [-0.2, 0) is 16.6 Å². The summed E-state index contributed by atoms with van der Waals surface area (Å²) in [5.41, 5.74) is 0.696. The molecule has 1 aromatic rings. The highest BCUT2D eigenvalue weighted by Crippen LogP contribution is 2.28. The van der Waals surface area contributed by atoms with Crippen molar-refractivity contribution in [3.63, 3.8) is 0 Å². The van der Waals surface area contributed by atoms with E-state index < -0.39 is 10.0 Å². The van der Waals surface area contributed by atoms with Crippen molar-refractivity contribution in [3.8, 4) is 0 Å². The van der Waals surface area contributed by atoms with Crippen LogP contribution in [-0.4, -0.2) is 33.5 Å². The number of nitrogens with one attached hydrogen (secondary N) is 2. The molecular formula is C13H20Cl2N2O2S2. The van der Waals surface area contributed by atoms with Crippen molar-refractivity contribution in [2.24, 2.45) is 0 Å². The molecule has 0 bridgehead atoms. The van der Waals surface area contributed by atoms with Crippen molar-refractivity contribution in [1.29, 1.82) is 0 Å². The number of halogens is 2. The van der Waals surface area contributed by atoms with Gasteiger partial charge in [0, 0.05) is 23.4 Å². The first kappa shape index (κ1) is 19.1. The van der Waals surface area contributed by atoms with Crippen LogP contribution in [0.2, 0.25) is 10.0 Å². The lowest BCUT2D eigenvalue weighted by atomic mass is 10.2. The average Bonchev–Trinajstić information content (AvgIpc) is 2.41. The lowest BCUT2D eigenvalue weighted by molar-refractivity contribution is 0.579. The Morgan fingerprint density at radius 3 is 2.52 bits per heavy atom. The fourth-order valence-electron chi connectivity index (χ4n) is 1.70. The highest BCUT2D eigenvalue weighted by molar-refractivity contribution is 7.99. The first-order valence-corrected chi connectivity index (χ1v) is 9.99. The Bertz CT molecular complexity index is 580. The maximum absolute atomic E-state index is 12.3. The van der Waals surface area contributed by atoms with Crippen LogP contribution in [0.3, 0.4) is 0 Å². The standard InChI is InChI=1S/C13H20Cl2N2O2S2/c1-9(20-3)4-5-17-21(18,19)13-6-10(8-16-2)11(14)7-12(13)15/h6-7,9,16-17H,4-5,8H2,1-3H3. The SMILES string of the molecule is CNCc1cc(S(=O)(=O)NCCC(C)SC)c(Cl)cc1Cl. The van der Waals surface area contributed by atoms with Gasteiger partial charge in [-0.25, -0.2) is 13.1 Å². The second-order valence-corrected chi connectivity index (χ2v) is 8.46. The monoisotopic (exact) mass is 370 g/mol. The summed E-state index contributed by atoms with van der Waals surface area (Å²) >= 11 is 13.8. The van der Waals surface area contributed by atoms with E-state index in [0.717, 1.165) is 6.42 Å². The van der Waals surface area contributed by atoms with Crippen LogP contribution in [0.5, 0.6) is 0 Å². The van der Waals surface area contributed by atoms with Crippen molar-refractivity contribution >= 4 is 45.0 Å². The number of rotatable bonds is 8. The second kappa shape index (κ2) is 8.60. The summed E-state index contributed by atoms with van der Waals surface area (Å²) in [6.45, 7) is 2.91. The molecule has 0 aliphatic rings. The largest absolute Gasteiger partial charge is 0.316 e. The van der Waals surface area contributed by atoms with Gasteiger partial charge < -0.3 is 5.32 Å². The molecule has 0 saturated heterocycles. The van der Waals surface area contributed by atoms with Gasteiger partial charge in [0.25, 0.3) is 0 Å². The molecule has 120 valence electrons. The highest BCUT2D eigenvalue weighted by Gasteiger charge is 2.20. The molecule has 4 nitrogen and oxygen atoms in total. The number of sulfonamides is 1. The van der Waals surface area contributed by atoms with E-state index in [0.29, 0.717) is 28.9 Å². The lowest BCUT2D eigenvalue weighted by Gasteiger charge is -2.13. The summed E-state index contributed by atoms with van der Waals surface area (Å²) in [6, 6.07) is 2.98. The van der Waals surface area contributed by atoms with Crippen LogP contribution in [0.25, 0.3) is 0 Å². The molecule has 8 heteroatoms. The molecule has 0 fully saturated rings. The van der Waals surface area contributed by atoms with E-state index >= 15 is 0 Å².